The average molecular weight is 290 g/mol. The molecule has 0 spiro atoms. The molecular weight excluding hydrogens is 268 g/mol. The minimum absolute atomic E-state index is 0.0505. The lowest BCUT2D eigenvalue weighted by atomic mass is 9.71. The number of hydrogen-bond donors (Lipinski definition) is 3. The highest BCUT2D eigenvalue weighted by atomic mass is 16.4. The lowest BCUT2D eigenvalue weighted by molar-refractivity contribution is -0.118. The molecule has 1 fully saturated rings. The number of benzene rings is 1. The Morgan fingerprint density at radius 1 is 1.14 bits per heavy atom. The molecule has 1 saturated carbocycles. The zero-order chi connectivity index (χ0) is 15.3. The Balaban J connectivity index is 1.95. The van der Waals surface area contributed by atoms with Gasteiger partial charge in [-0.3, -0.25) is 4.79 Å². The molecular formula is C16H22N2O3. The molecule has 1 aliphatic rings. The topological polar surface area (TPSA) is 92.4 Å². The van der Waals surface area contributed by atoms with Crippen LogP contribution in [0.25, 0.3) is 0 Å². The van der Waals surface area contributed by atoms with Gasteiger partial charge in [0.25, 0.3) is 0 Å². The number of aromatic carboxylic acids is 1. The number of carboxylic acids is 1. The van der Waals surface area contributed by atoms with Gasteiger partial charge >= 0.3 is 5.97 Å². The summed E-state index contributed by atoms with van der Waals surface area (Å²) in [5.41, 5.74) is 6.65. The third-order valence-electron chi connectivity index (χ3n) is 4.30. The fraction of sp³-hybridized carbons (Fsp3) is 0.500. The Hall–Kier alpha value is -1.88. The third-order valence-corrected chi connectivity index (χ3v) is 4.30. The molecule has 1 amide bonds. The van der Waals surface area contributed by atoms with Crippen molar-refractivity contribution in [1.29, 1.82) is 0 Å². The van der Waals surface area contributed by atoms with Gasteiger partial charge < -0.3 is 16.2 Å². The minimum Gasteiger partial charge on any atom is -0.478 e. The molecule has 2 rings (SSSR count). The molecule has 1 aliphatic carbocycles. The van der Waals surface area contributed by atoms with Crippen LogP contribution in [0.15, 0.2) is 24.3 Å². The first kappa shape index (κ1) is 15.5. The van der Waals surface area contributed by atoms with Gasteiger partial charge in [0.2, 0.25) is 5.91 Å². The summed E-state index contributed by atoms with van der Waals surface area (Å²) in [5, 5.41) is 11.7. The summed E-state index contributed by atoms with van der Waals surface area (Å²) in [6.07, 6.45) is 5.95. The summed E-state index contributed by atoms with van der Waals surface area (Å²) in [6, 6.07) is 6.18. The predicted molar refractivity (Wildman–Crippen MR) is 81.2 cm³/mol. The number of carbonyl (C=O) groups is 2. The van der Waals surface area contributed by atoms with Crippen LogP contribution in [0.5, 0.6) is 0 Å². The molecule has 0 aromatic heterocycles. The molecule has 0 radical (unpaired) electrons. The third kappa shape index (κ3) is 4.04. The molecule has 4 N–H and O–H groups in total. The van der Waals surface area contributed by atoms with Gasteiger partial charge in [0.1, 0.15) is 0 Å². The van der Waals surface area contributed by atoms with Gasteiger partial charge in [-0.05, 0) is 49.1 Å². The van der Waals surface area contributed by atoms with E-state index in [1.165, 1.54) is 18.6 Å². The molecule has 0 heterocycles. The Morgan fingerprint density at radius 2 is 1.76 bits per heavy atom. The van der Waals surface area contributed by atoms with Crippen molar-refractivity contribution in [2.75, 3.05) is 11.9 Å². The summed E-state index contributed by atoms with van der Waals surface area (Å²) in [7, 11) is 0. The molecule has 0 atom stereocenters. The van der Waals surface area contributed by atoms with Crippen molar-refractivity contribution in [1.82, 2.24) is 0 Å². The first-order chi connectivity index (χ1) is 10.0. The van der Waals surface area contributed by atoms with Crippen molar-refractivity contribution in [3.63, 3.8) is 0 Å². The smallest absolute Gasteiger partial charge is 0.335 e. The molecule has 0 aliphatic heterocycles. The van der Waals surface area contributed by atoms with Crippen LogP contribution < -0.4 is 11.1 Å². The number of hydrogen-bond acceptors (Lipinski definition) is 3. The molecule has 114 valence electrons. The number of nitrogens with two attached hydrogens (primary N) is 1. The van der Waals surface area contributed by atoms with Crippen molar-refractivity contribution in [2.45, 2.75) is 38.5 Å². The molecule has 0 bridgehead atoms. The van der Waals surface area contributed by atoms with Gasteiger partial charge in [-0.15, -0.1) is 0 Å². The number of rotatable bonds is 5. The number of nitrogens with one attached hydrogen (secondary N) is 1. The summed E-state index contributed by atoms with van der Waals surface area (Å²) < 4.78 is 0. The standard InChI is InChI=1S/C16H22N2O3/c17-11-16(8-2-1-3-9-16)10-14(19)18-13-6-4-12(5-7-13)15(20)21/h4-7H,1-3,8-11,17H2,(H,18,19)(H,20,21). The van der Waals surface area contributed by atoms with E-state index >= 15 is 0 Å². The molecule has 5 heteroatoms. The highest BCUT2D eigenvalue weighted by Crippen LogP contribution is 2.38. The van der Waals surface area contributed by atoms with E-state index in [1.54, 1.807) is 12.1 Å². The summed E-state index contributed by atoms with van der Waals surface area (Å²) in [6.45, 7) is 0.540. The lowest BCUT2D eigenvalue weighted by Gasteiger charge is -2.35. The zero-order valence-electron chi connectivity index (χ0n) is 12.1. The van der Waals surface area contributed by atoms with Crippen molar-refractivity contribution < 1.29 is 14.7 Å². The second-order valence-electron chi connectivity index (χ2n) is 5.87. The first-order valence-electron chi connectivity index (χ1n) is 7.38. The molecule has 1 aromatic rings. The van der Waals surface area contributed by atoms with Crippen LogP contribution in [-0.4, -0.2) is 23.5 Å². The Labute approximate surface area is 124 Å². The van der Waals surface area contributed by atoms with Gasteiger partial charge in [-0.25, -0.2) is 4.79 Å². The normalized spacial score (nSPS) is 17.2. The van der Waals surface area contributed by atoms with Crippen molar-refractivity contribution in [3.05, 3.63) is 29.8 Å². The highest BCUT2D eigenvalue weighted by Gasteiger charge is 2.32. The van der Waals surface area contributed by atoms with Gasteiger partial charge in [0.15, 0.2) is 0 Å². The molecule has 5 nitrogen and oxygen atoms in total. The first-order valence-corrected chi connectivity index (χ1v) is 7.38. The second kappa shape index (κ2) is 6.72. The SMILES string of the molecule is NCC1(CC(=O)Nc2ccc(C(=O)O)cc2)CCCCC1. The largest absolute Gasteiger partial charge is 0.478 e. The quantitative estimate of drug-likeness (QED) is 0.777. The summed E-state index contributed by atoms with van der Waals surface area (Å²) in [4.78, 5) is 23.0. The lowest BCUT2D eigenvalue weighted by Crippen LogP contribution is -2.36. The second-order valence-corrected chi connectivity index (χ2v) is 5.87. The number of amides is 1. The average Bonchev–Trinajstić information content (AvgIpc) is 2.48. The maximum Gasteiger partial charge on any atom is 0.335 e. The summed E-state index contributed by atoms with van der Waals surface area (Å²) >= 11 is 0. The van der Waals surface area contributed by atoms with Crippen LogP contribution in [0.2, 0.25) is 0 Å². The Morgan fingerprint density at radius 3 is 2.29 bits per heavy atom. The van der Waals surface area contributed by atoms with Crippen LogP contribution in [0.4, 0.5) is 5.69 Å². The predicted octanol–water partition coefficient (Wildman–Crippen LogP) is 2.62. The van der Waals surface area contributed by atoms with Crippen molar-refractivity contribution >= 4 is 17.6 Å². The maximum atomic E-state index is 12.2. The van der Waals surface area contributed by atoms with Crippen LogP contribution in [0, 0.1) is 5.41 Å². The molecule has 0 unspecified atom stereocenters. The van der Waals surface area contributed by atoms with E-state index in [1.807, 2.05) is 0 Å². The van der Waals surface area contributed by atoms with Gasteiger partial charge in [-0.1, -0.05) is 19.3 Å². The van der Waals surface area contributed by atoms with Crippen molar-refractivity contribution in [2.24, 2.45) is 11.1 Å². The highest BCUT2D eigenvalue weighted by molar-refractivity contribution is 5.92. The van der Waals surface area contributed by atoms with E-state index in [0.717, 1.165) is 25.7 Å². The number of carbonyl (C=O) groups excluding carboxylic acids is 1. The van der Waals surface area contributed by atoms with Crippen LogP contribution in [0.3, 0.4) is 0 Å². The molecule has 1 aromatic carbocycles. The monoisotopic (exact) mass is 290 g/mol. The van der Waals surface area contributed by atoms with Gasteiger partial charge in [0.05, 0.1) is 5.56 Å². The van der Waals surface area contributed by atoms with E-state index in [0.29, 0.717) is 18.7 Å². The Bertz CT molecular complexity index is 505. The van der Waals surface area contributed by atoms with E-state index in [2.05, 4.69) is 5.32 Å². The molecule has 0 saturated heterocycles. The van der Waals surface area contributed by atoms with E-state index in [9.17, 15) is 9.59 Å². The summed E-state index contributed by atoms with van der Waals surface area (Å²) in [5.74, 6) is -1.03. The fourth-order valence-corrected chi connectivity index (χ4v) is 3.00. The number of anilines is 1. The Kier molecular flexibility index (Phi) is 4.96. The minimum atomic E-state index is -0.975. The molecule has 21 heavy (non-hydrogen) atoms. The van der Waals surface area contributed by atoms with Gasteiger partial charge in [0, 0.05) is 12.1 Å². The van der Waals surface area contributed by atoms with E-state index < -0.39 is 5.97 Å². The fourth-order valence-electron chi connectivity index (χ4n) is 3.00. The van der Waals surface area contributed by atoms with Crippen LogP contribution in [-0.2, 0) is 4.79 Å². The maximum absolute atomic E-state index is 12.2. The number of carboxylic acid groups (broad SMARTS) is 1. The van der Waals surface area contributed by atoms with Gasteiger partial charge in [-0.2, -0.15) is 0 Å². The van der Waals surface area contributed by atoms with E-state index in [4.69, 9.17) is 10.8 Å². The zero-order valence-corrected chi connectivity index (χ0v) is 12.1. The van der Waals surface area contributed by atoms with E-state index in [-0.39, 0.29) is 16.9 Å². The van der Waals surface area contributed by atoms with Crippen LogP contribution >= 0.6 is 0 Å². The van der Waals surface area contributed by atoms with Crippen molar-refractivity contribution in [3.8, 4) is 0 Å². The van der Waals surface area contributed by atoms with Crippen LogP contribution in [0.1, 0.15) is 48.9 Å².